The third kappa shape index (κ3) is 5.16. The van der Waals surface area contributed by atoms with Crippen LogP contribution in [0.2, 0.25) is 0 Å². The van der Waals surface area contributed by atoms with E-state index in [2.05, 4.69) is 184 Å². The van der Waals surface area contributed by atoms with Gasteiger partial charge < -0.3 is 0 Å². The lowest BCUT2D eigenvalue weighted by Gasteiger charge is -2.33. The van der Waals surface area contributed by atoms with E-state index in [0.29, 0.717) is 11.8 Å². The lowest BCUT2D eigenvalue weighted by atomic mass is 9.71. The molecule has 2 aliphatic carbocycles. The summed E-state index contributed by atoms with van der Waals surface area (Å²) in [6.07, 6.45) is 5.60. The molecule has 0 fully saturated rings. The molecule has 234 valence electrons. The number of rotatable bonds is 4. The van der Waals surface area contributed by atoms with E-state index in [0.717, 1.165) is 6.42 Å². The topological polar surface area (TPSA) is 0 Å². The normalized spacial score (nSPS) is 14.7. The van der Waals surface area contributed by atoms with Crippen molar-refractivity contribution in [3.05, 3.63) is 191 Å². The van der Waals surface area contributed by atoms with Gasteiger partial charge in [-0.15, -0.1) is 0 Å². The van der Waals surface area contributed by atoms with Gasteiger partial charge in [-0.25, -0.2) is 0 Å². The standard InChI is InChI=1S/C49H38/c1-32(37-16-10-17-38(28-37)34-12-4-3-5-13-34)47-31-41-15-7-9-19-45(41)49-30-40(26-27-46(47)49)39-25-24-36-23-22-35-14-6-8-18-44(35)42-20-11-21-43(33(42)2)48(36)29-39/h3-30,32,47H,31H2,1-2H3. The van der Waals surface area contributed by atoms with E-state index in [1.54, 1.807) is 0 Å². The summed E-state index contributed by atoms with van der Waals surface area (Å²) >= 11 is 0. The number of benzene rings is 7. The van der Waals surface area contributed by atoms with E-state index in [1.165, 1.54) is 89.0 Å². The van der Waals surface area contributed by atoms with E-state index < -0.39 is 0 Å². The van der Waals surface area contributed by atoms with Crippen LogP contribution in [0.5, 0.6) is 0 Å². The van der Waals surface area contributed by atoms with Gasteiger partial charge in [-0.3, -0.25) is 0 Å². The molecule has 49 heavy (non-hydrogen) atoms. The van der Waals surface area contributed by atoms with Gasteiger partial charge in [-0.1, -0.05) is 165 Å². The quantitative estimate of drug-likeness (QED) is 0.182. The Morgan fingerprint density at radius 2 is 1.04 bits per heavy atom. The highest BCUT2D eigenvalue weighted by Gasteiger charge is 2.30. The van der Waals surface area contributed by atoms with Crippen molar-refractivity contribution < 1.29 is 0 Å². The minimum atomic E-state index is 0.369. The van der Waals surface area contributed by atoms with Crippen molar-refractivity contribution in [2.75, 3.05) is 0 Å². The summed E-state index contributed by atoms with van der Waals surface area (Å²) < 4.78 is 0. The number of hydrogen-bond donors (Lipinski definition) is 0. The van der Waals surface area contributed by atoms with Crippen LogP contribution < -0.4 is 0 Å². The molecular weight excluding hydrogens is 589 g/mol. The summed E-state index contributed by atoms with van der Waals surface area (Å²) in [7, 11) is 0. The molecule has 9 rings (SSSR count). The smallest absolute Gasteiger partial charge is 0.00489 e. The van der Waals surface area contributed by atoms with Crippen molar-refractivity contribution in [2.45, 2.75) is 32.1 Å². The van der Waals surface area contributed by atoms with Crippen LogP contribution in [-0.2, 0) is 6.42 Å². The molecule has 2 aliphatic rings. The highest BCUT2D eigenvalue weighted by Crippen LogP contribution is 2.48. The fraction of sp³-hybridized carbons (Fsp3) is 0.102. The van der Waals surface area contributed by atoms with Crippen LogP contribution in [0, 0.1) is 6.92 Å². The molecule has 2 bridgehead atoms. The maximum atomic E-state index is 2.46. The van der Waals surface area contributed by atoms with Gasteiger partial charge in [-0.05, 0) is 126 Å². The Morgan fingerprint density at radius 3 is 1.88 bits per heavy atom. The molecule has 0 spiro atoms. The van der Waals surface area contributed by atoms with E-state index >= 15 is 0 Å². The molecule has 0 saturated heterocycles. The SMILES string of the molecule is Cc1c2cccc1-c1cc(-c3ccc4c(c3)-c3ccccc3CC4C(C)c3cccc(-c4ccccc4)c3)ccc1C=Cc1ccccc1-2. The summed E-state index contributed by atoms with van der Waals surface area (Å²) in [4.78, 5) is 0. The molecule has 0 heterocycles. The molecule has 2 unspecified atom stereocenters. The minimum Gasteiger partial charge on any atom is -0.0622 e. The third-order valence-electron chi connectivity index (χ3n) is 11.0. The Morgan fingerprint density at radius 1 is 0.449 bits per heavy atom. The maximum Gasteiger partial charge on any atom is -0.00489 e. The second kappa shape index (κ2) is 12.1. The predicted octanol–water partition coefficient (Wildman–Crippen LogP) is 13.3. The van der Waals surface area contributed by atoms with Crippen LogP contribution in [0.4, 0.5) is 0 Å². The average Bonchev–Trinajstić information content (AvgIpc) is 3.18. The zero-order valence-electron chi connectivity index (χ0n) is 28.0. The number of hydrogen-bond acceptors (Lipinski definition) is 0. The molecule has 7 aromatic carbocycles. The van der Waals surface area contributed by atoms with Crippen molar-refractivity contribution in [2.24, 2.45) is 0 Å². The van der Waals surface area contributed by atoms with Gasteiger partial charge in [0.1, 0.15) is 0 Å². The molecule has 2 atom stereocenters. The minimum absolute atomic E-state index is 0.369. The summed E-state index contributed by atoms with van der Waals surface area (Å²) in [5, 5.41) is 0. The largest absolute Gasteiger partial charge is 0.0622 e. The van der Waals surface area contributed by atoms with Crippen LogP contribution >= 0.6 is 0 Å². The molecule has 0 heteroatoms. The highest BCUT2D eigenvalue weighted by atomic mass is 14.3. The Labute approximate surface area is 290 Å². The van der Waals surface area contributed by atoms with E-state index in [-0.39, 0.29) is 0 Å². The molecular formula is C49H38. The van der Waals surface area contributed by atoms with E-state index in [4.69, 9.17) is 0 Å². The van der Waals surface area contributed by atoms with Crippen LogP contribution in [-0.4, -0.2) is 0 Å². The van der Waals surface area contributed by atoms with Crippen molar-refractivity contribution in [3.63, 3.8) is 0 Å². The number of fused-ring (bicyclic) bond motifs is 9. The fourth-order valence-electron chi connectivity index (χ4n) is 8.31. The molecule has 0 aliphatic heterocycles. The molecule has 0 N–H and O–H groups in total. The second-order valence-electron chi connectivity index (χ2n) is 13.8. The van der Waals surface area contributed by atoms with Crippen LogP contribution in [0.1, 0.15) is 52.1 Å². The average molecular weight is 627 g/mol. The van der Waals surface area contributed by atoms with Gasteiger partial charge in [0.15, 0.2) is 0 Å². The third-order valence-corrected chi connectivity index (χ3v) is 11.0. The summed E-state index contributed by atoms with van der Waals surface area (Å²) in [6, 6.07) is 58.7. The predicted molar refractivity (Wildman–Crippen MR) is 209 cm³/mol. The first kappa shape index (κ1) is 29.4. The molecule has 0 radical (unpaired) electrons. The van der Waals surface area contributed by atoms with Crippen molar-refractivity contribution in [3.8, 4) is 55.6 Å². The first-order valence-electron chi connectivity index (χ1n) is 17.5. The summed E-state index contributed by atoms with van der Waals surface area (Å²) in [5.41, 5.74) is 21.1. The van der Waals surface area contributed by atoms with E-state index in [9.17, 15) is 0 Å². The Bertz CT molecular complexity index is 2390. The van der Waals surface area contributed by atoms with Gasteiger partial charge in [-0.2, -0.15) is 0 Å². The molecule has 0 amide bonds. The molecule has 7 aromatic rings. The van der Waals surface area contributed by atoms with Crippen LogP contribution in [0.3, 0.4) is 0 Å². The van der Waals surface area contributed by atoms with E-state index in [1.807, 2.05) is 0 Å². The summed E-state index contributed by atoms with van der Waals surface area (Å²) in [6.45, 7) is 4.69. The summed E-state index contributed by atoms with van der Waals surface area (Å²) in [5.74, 6) is 0.759. The Balaban J connectivity index is 1.14. The van der Waals surface area contributed by atoms with Gasteiger partial charge >= 0.3 is 0 Å². The maximum absolute atomic E-state index is 2.46. The zero-order chi connectivity index (χ0) is 32.9. The zero-order valence-corrected chi connectivity index (χ0v) is 28.0. The van der Waals surface area contributed by atoms with Crippen molar-refractivity contribution >= 4 is 12.2 Å². The molecule has 0 saturated carbocycles. The molecule has 0 aromatic heterocycles. The first-order chi connectivity index (χ1) is 24.1. The fourth-order valence-corrected chi connectivity index (χ4v) is 8.31. The van der Waals surface area contributed by atoms with Gasteiger partial charge in [0.05, 0.1) is 0 Å². The second-order valence-corrected chi connectivity index (χ2v) is 13.8. The Hall–Kier alpha value is -5.72. The van der Waals surface area contributed by atoms with Gasteiger partial charge in [0, 0.05) is 0 Å². The van der Waals surface area contributed by atoms with Gasteiger partial charge in [0.2, 0.25) is 0 Å². The van der Waals surface area contributed by atoms with Crippen LogP contribution in [0.25, 0.3) is 67.8 Å². The highest BCUT2D eigenvalue weighted by molar-refractivity contribution is 5.93. The van der Waals surface area contributed by atoms with Crippen LogP contribution in [0.15, 0.2) is 158 Å². The van der Waals surface area contributed by atoms with Gasteiger partial charge in [0.25, 0.3) is 0 Å². The lowest BCUT2D eigenvalue weighted by Crippen LogP contribution is -2.17. The first-order valence-corrected chi connectivity index (χ1v) is 17.5. The van der Waals surface area contributed by atoms with Crippen molar-refractivity contribution in [1.82, 2.24) is 0 Å². The lowest BCUT2D eigenvalue weighted by molar-refractivity contribution is 0.568. The Kier molecular flexibility index (Phi) is 7.24. The molecule has 0 nitrogen and oxygen atoms in total. The van der Waals surface area contributed by atoms with Crippen molar-refractivity contribution in [1.29, 1.82) is 0 Å². The monoisotopic (exact) mass is 626 g/mol.